The minimum Gasteiger partial charge on any atom is -0.497 e. The number of nitrogens with two attached hydrogens (primary N) is 1. The minimum atomic E-state index is 0.535. The topological polar surface area (TPSA) is 76.0 Å². The summed E-state index contributed by atoms with van der Waals surface area (Å²) in [6, 6.07) is 7.71. The Bertz CT molecular complexity index is 452. The molecule has 0 spiro atoms. The van der Waals surface area contributed by atoms with Gasteiger partial charge in [0.2, 0.25) is 5.95 Å². The van der Waals surface area contributed by atoms with Crippen LogP contribution in [0.4, 0.5) is 5.95 Å². The Balaban J connectivity index is 2.35. The van der Waals surface area contributed by atoms with Gasteiger partial charge in [-0.1, -0.05) is 12.1 Å². The van der Waals surface area contributed by atoms with E-state index >= 15 is 0 Å². The molecule has 1 heterocycles. The van der Waals surface area contributed by atoms with Gasteiger partial charge in [-0.25, -0.2) is 10.8 Å². The molecule has 1 aromatic carbocycles. The number of aromatic amines is 1. The maximum Gasteiger partial charge on any atom is 0.215 e. The quantitative estimate of drug-likeness (QED) is 0.521. The first-order valence-electron chi connectivity index (χ1n) is 4.49. The highest BCUT2D eigenvalue weighted by Gasteiger charge is 2.02. The molecule has 0 atom stereocenters. The number of imidazole rings is 1. The van der Waals surface area contributed by atoms with Crippen LogP contribution in [0.5, 0.6) is 5.75 Å². The molecule has 1 aromatic heterocycles. The number of nitrogens with one attached hydrogen (secondary N) is 2. The van der Waals surface area contributed by atoms with Gasteiger partial charge in [-0.05, 0) is 12.1 Å². The van der Waals surface area contributed by atoms with Crippen LogP contribution in [0.15, 0.2) is 30.5 Å². The van der Waals surface area contributed by atoms with Crippen LogP contribution >= 0.6 is 0 Å². The molecule has 0 aliphatic heterocycles. The number of methoxy groups -OCH3 is 1. The number of nitrogens with zero attached hydrogens (tertiary/aromatic N) is 1. The van der Waals surface area contributed by atoms with Crippen molar-refractivity contribution in [3.05, 3.63) is 30.5 Å². The molecular weight excluding hydrogens is 192 g/mol. The van der Waals surface area contributed by atoms with Crippen molar-refractivity contribution in [3.63, 3.8) is 0 Å². The first-order valence-corrected chi connectivity index (χ1v) is 4.49. The van der Waals surface area contributed by atoms with Gasteiger partial charge in [0.1, 0.15) is 5.75 Å². The molecular formula is C10H12N4O. The summed E-state index contributed by atoms with van der Waals surface area (Å²) in [5.41, 5.74) is 4.34. The molecule has 0 radical (unpaired) electrons. The summed E-state index contributed by atoms with van der Waals surface area (Å²) in [4.78, 5) is 7.06. The van der Waals surface area contributed by atoms with Crippen molar-refractivity contribution >= 4 is 5.95 Å². The number of hydrogen-bond donors (Lipinski definition) is 3. The van der Waals surface area contributed by atoms with Crippen molar-refractivity contribution in [2.24, 2.45) is 5.84 Å². The van der Waals surface area contributed by atoms with Crippen LogP contribution in [0, 0.1) is 0 Å². The van der Waals surface area contributed by atoms with Crippen molar-refractivity contribution < 1.29 is 4.74 Å². The first kappa shape index (κ1) is 9.54. The van der Waals surface area contributed by atoms with Crippen molar-refractivity contribution in [1.29, 1.82) is 0 Å². The number of benzene rings is 1. The first-order chi connectivity index (χ1) is 7.33. The van der Waals surface area contributed by atoms with Gasteiger partial charge in [-0.15, -0.1) is 0 Å². The summed E-state index contributed by atoms with van der Waals surface area (Å²) in [6.45, 7) is 0. The zero-order chi connectivity index (χ0) is 10.7. The number of hydrogen-bond acceptors (Lipinski definition) is 4. The normalized spacial score (nSPS) is 10.0. The van der Waals surface area contributed by atoms with Gasteiger partial charge in [0.25, 0.3) is 0 Å². The lowest BCUT2D eigenvalue weighted by Crippen LogP contribution is -2.07. The molecule has 0 saturated heterocycles. The van der Waals surface area contributed by atoms with E-state index in [1.165, 1.54) is 0 Å². The van der Waals surface area contributed by atoms with Crippen LogP contribution in [0.25, 0.3) is 11.3 Å². The fourth-order valence-corrected chi connectivity index (χ4v) is 1.33. The Morgan fingerprint density at radius 2 is 2.33 bits per heavy atom. The maximum absolute atomic E-state index is 5.23. The molecule has 0 fully saturated rings. The number of H-pyrrole nitrogens is 1. The standard InChI is InChI=1S/C10H12N4O/c1-15-8-4-2-3-7(5-8)9-6-12-10(13-9)14-11/h2-6H,11H2,1H3,(H2,12,13,14). The second-order valence-corrected chi connectivity index (χ2v) is 3.02. The predicted molar refractivity (Wildman–Crippen MR) is 58.4 cm³/mol. The average molecular weight is 204 g/mol. The summed E-state index contributed by atoms with van der Waals surface area (Å²) < 4.78 is 5.13. The molecule has 78 valence electrons. The van der Waals surface area contributed by atoms with E-state index in [-0.39, 0.29) is 0 Å². The van der Waals surface area contributed by atoms with Crippen LogP contribution in [-0.2, 0) is 0 Å². The maximum atomic E-state index is 5.23. The number of nitrogen functional groups attached to an aromatic ring is 1. The van der Waals surface area contributed by atoms with Crippen LogP contribution in [0.3, 0.4) is 0 Å². The molecule has 5 heteroatoms. The Morgan fingerprint density at radius 3 is 3.00 bits per heavy atom. The third kappa shape index (κ3) is 1.92. The lowest BCUT2D eigenvalue weighted by molar-refractivity contribution is 0.415. The lowest BCUT2D eigenvalue weighted by Gasteiger charge is -2.01. The van der Waals surface area contributed by atoms with Crippen molar-refractivity contribution in [3.8, 4) is 17.0 Å². The molecule has 0 saturated carbocycles. The molecule has 2 rings (SSSR count). The Kier molecular flexibility index (Phi) is 2.55. The van der Waals surface area contributed by atoms with Crippen LogP contribution in [-0.4, -0.2) is 17.1 Å². The monoisotopic (exact) mass is 204 g/mol. The fourth-order valence-electron chi connectivity index (χ4n) is 1.33. The van der Waals surface area contributed by atoms with E-state index in [4.69, 9.17) is 10.6 Å². The number of aromatic nitrogens is 2. The summed E-state index contributed by atoms with van der Waals surface area (Å²) in [6.07, 6.45) is 1.71. The molecule has 0 amide bonds. The van der Waals surface area contributed by atoms with Gasteiger partial charge in [0, 0.05) is 5.56 Å². The van der Waals surface area contributed by atoms with E-state index in [0.717, 1.165) is 17.0 Å². The summed E-state index contributed by atoms with van der Waals surface area (Å²) in [7, 11) is 1.64. The molecule has 5 nitrogen and oxygen atoms in total. The van der Waals surface area contributed by atoms with Gasteiger partial charge in [0.05, 0.1) is 19.0 Å². The summed E-state index contributed by atoms with van der Waals surface area (Å²) in [5, 5.41) is 0. The van der Waals surface area contributed by atoms with E-state index in [2.05, 4.69) is 15.4 Å². The van der Waals surface area contributed by atoms with Gasteiger partial charge in [-0.2, -0.15) is 0 Å². The summed E-state index contributed by atoms with van der Waals surface area (Å²) in [5.74, 6) is 6.57. The molecule has 4 N–H and O–H groups in total. The minimum absolute atomic E-state index is 0.535. The van der Waals surface area contributed by atoms with E-state index in [1.54, 1.807) is 13.3 Å². The fraction of sp³-hybridized carbons (Fsp3) is 0.100. The van der Waals surface area contributed by atoms with E-state index in [0.29, 0.717) is 5.95 Å². The number of rotatable bonds is 3. The Hall–Kier alpha value is -2.01. The number of ether oxygens (including phenoxy) is 1. The second-order valence-electron chi connectivity index (χ2n) is 3.02. The smallest absolute Gasteiger partial charge is 0.215 e. The van der Waals surface area contributed by atoms with Crippen molar-refractivity contribution in [2.75, 3.05) is 12.5 Å². The molecule has 0 unspecified atom stereocenters. The van der Waals surface area contributed by atoms with Gasteiger partial charge >= 0.3 is 0 Å². The molecule has 0 aliphatic carbocycles. The highest BCUT2D eigenvalue weighted by atomic mass is 16.5. The molecule has 0 bridgehead atoms. The molecule has 15 heavy (non-hydrogen) atoms. The predicted octanol–water partition coefficient (Wildman–Crippen LogP) is 1.37. The van der Waals surface area contributed by atoms with Gasteiger partial charge in [-0.3, -0.25) is 5.43 Å². The zero-order valence-electron chi connectivity index (χ0n) is 8.32. The largest absolute Gasteiger partial charge is 0.497 e. The third-order valence-electron chi connectivity index (χ3n) is 2.09. The highest BCUT2D eigenvalue weighted by Crippen LogP contribution is 2.22. The van der Waals surface area contributed by atoms with Crippen LogP contribution in [0.2, 0.25) is 0 Å². The highest BCUT2D eigenvalue weighted by molar-refractivity contribution is 5.62. The SMILES string of the molecule is COc1cccc(-c2cnc(NN)[nH]2)c1. The third-order valence-corrected chi connectivity index (χ3v) is 2.09. The summed E-state index contributed by atoms with van der Waals surface area (Å²) >= 11 is 0. The number of anilines is 1. The molecule has 2 aromatic rings. The second kappa shape index (κ2) is 4.02. The Labute approximate surface area is 87.3 Å². The molecule has 0 aliphatic rings. The van der Waals surface area contributed by atoms with Crippen molar-refractivity contribution in [2.45, 2.75) is 0 Å². The van der Waals surface area contributed by atoms with E-state index in [1.807, 2.05) is 24.3 Å². The van der Waals surface area contributed by atoms with E-state index < -0.39 is 0 Å². The van der Waals surface area contributed by atoms with Gasteiger partial charge < -0.3 is 9.72 Å². The number of hydrazine groups is 1. The van der Waals surface area contributed by atoms with Gasteiger partial charge in [0.15, 0.2) is 0 Å². The average Bonchev–Trinajstić information content (AvgIpc) is 2.78. The van der Waals surface area contributed by atoms with Crippen molar-refractivity contribution in [1.82, 2.24) is 9.97 Å². The Morgan fingerprint density at radius 1 is 1.47 bits per heavy atom. The zero-order valence-corrected chi connectivity index (χ0v) is 8.32. The van der Waals surface area contributed by atoms with Crippen LogP contribution in [0.1, 0.15) is 0 Å². The van der Waals surface area contributed by atoms with Crippen LogP contribution < -0.4 is 16.0 Å². The van der Waals surface area contributed by atoms with E-state index in [9.17, 15) is 0 Å². The lowest BCUT2D eigenvalue weighted by atomic mass is 10.1.